The van der Waals surface area contributed by atoms with Gasteiger partial charge in [-0.2, -0.15) is 0 Å². The number of H-pyrrole nitrogens is 1. The van der Waals surface area contributed by atoms with E-state index < -0.39 is 26.0 Å². The van der Waals surface area contributed by atoms with Gasteiger partial charge in [0.2, 0.25) is 5.79 Å². The predicted molar refractivity (Wildman–Crippen MR) is 91.6 cm³/mol. The van der Waals surface area contributed by atoms with Gasteiger partial charge in [-0.15, -0.1) is 0 Å². The number of nitrogens with zero attached hydrogens (tertiary/aromatic N) is 1. The van der Waals surface area contributed by atoms with Crippen LogP contribution < -0.4 is 11.2 Å². The highest BCUT2D eigenvalue weighted by Gasteiger charge is 2.62. The number of epoxide rings is 1. The molecule has 1 N–H and O–H groups in total. The molecule has 2 saturated heterocycles. The third-order valence-corrected chi connectivity index (χ3v) is 9.86. The van der Waals surface area contributed by atoms with Gasteiger partial charge in [-0.3, -0.25) is 14.3 Å². The maximum absolute atomic E-state index is 12.1. The number of aromatic amines is 1. The van der Waals surface area contributed by atoms with Crippen LogP contribution in [0.25, 0.3) is 0 Å². The fourth-order valence-corrected chi connectivity index (χ4v) is 4.02. The molecule has 0 aliphatic carbocycles. The van der Waals surface area contributed by atoms with Crippen molar-refractivity contribution in [2.75, 3.05) is 6.61 Å². The molecule has 1 aromatic heterocycles. The van der Waals surface area contributed by atoms with Crippen LogP contribution in [-0.2, 0) is 13.9 Å². The Morgan fingerprint density at radius 1 is 1.38 bits per heavy atom. The summed E-state index contributed by atoms with van der Waals surface area (Å²) in [7, 11) is -1.99. The number of aromatic nitrogens is 2. The minimum absolute atomic E-state index is 0.0760. The van der Waals surface area contributed by atoms with Crippen molar-refractivity contribution in [3.63, 3.8) is 0 Å². The van der Waals surface area contributed by atoms with E-state index in [9.17, 15) is 9.59 Å². The summed E-state index contributed by atoms with van der Waals surface area (Å²) in [5.74, 6) is -0.746. The van der Waals surface area contributed by atoms with Gasteiger partial charge in [0.25, 0.3) is 5.56 Å². The molecule has 0 saturated carbocycles. The first kappa shape index (κ1) is 17.6. The van der Waals surface area contributed by atoms with E-state index in [0.29, 0.717) is 18.6 Å². The maximum atomic E-state index is 12.1. The minimum atomic E-state index is -1.99. The van der Waals surface area contributed by atoms with Gasteiger partial charge in [-0.1, -0.05) is 20.8 Å². The average Bonchev–Trinajstić information content (AvgIpc) is 3.12. The van der Waals surface area contributed by atoms with Gasteiger partial charge in [0.1, 0.15) is 18.9 Å². The summed E-state index contributed by atoms with van der Waals surface area (Å²) in [5.41, 5.74) is -0.377. The first-order valence-corrected chi connectivity index (χ1v) is 11.2. The van der Waals surface area contributed by atoms with Gasteiger partial charge in [-0.25, -0.2) is 4.79 Å². The first-order valence-electron chi connectivity index (χ1n) is 8.27. The third kappa shape index (κ3) is 2.92. The molecular weight excluding hydrogens is 328 g/mol. The third-order valence-electron chi connectivity index (χ3n) is 5.37. The maximum Gasteiger partial charge on any atom is 0.330 e. The van der Waals surface area contributed by atoms with E-state index in [-0.39, 0.29) is 16.7 Å². The van der Waals surface area contributed by atoms with Gasteiger partial charge < -0.3 is 13.9 Å². The van der Waals surface area contributed by atoms with Crippen LogP contribution in [0.4, 0.5) is 0 Å². The normalized spacial score (nSPS) is 30.1. The Balaban J connectivity index is 1.86. The highest BCUT2D eigenvalue weighted by Crippen LogP contribution is 2.50. The fraction of sp³-hybridized carbons (Fsp3) is 0.750. The molecule has 1 aromatic rings. The number of aryl methyl sites for hydroxylation is 1. The Hall–Kier alpha value is -1.22. The minimum Gasteiger partial charge on any atom is -0.408 e. The number of hydrogen-bond acceptors (Lipinski definition) is 5. The second-order valence-corrected chi connectivity index (χ2v) is 13.0. The van der Waals surface area contributed by atoms with E-state index in [0.717, 1.165) is 0 Å². The Morgan fingerprint density at radius 3 is 2.54 bits per heavy atom. The summed E-state index contributed by atoms with van der Waals surface area (Å²) in [6.07, 6.45) is 1.36. The smallest absolute Gasteiger partial charge is 0.330 e. The lowest BCUT2D eigenvalue weighted by molar-refractivity contribution is -0.0954. The lowest BCUT2D eigenvalue weighted by Crippen LogP contribution is -2.46. The largest absolute Gasteiger partial charge is 0.408 e. The highest BCUT2D eigenvalue weighted by molar-refractivity contribution is 6.74. The summed E-state index contributed by atoms with van der Waals surface area (Å²) < 4.78 is 19.5. The van der Waals surface area contributed by atoms with Crippen molar-refractivity contribution in [2.45, 2.75) is 70.4 Å². The molecule has 2 fully saturated rings. The van der Waals surface area contributed by atoms with Crippen LogP contribution in [0, 0.1) is 6.92 Å². The summed E-state index contributed by atoms with van der Waals surface area (Å²) in [6, 6.07) is 0. The lowest BCUT2D eigenvalue weighted by atomic mass is 10.2. The van der Waals surface area contributed by atoms with Gasteiger partial charge >= 0.3 is 5.69 Å². The lowest BCUT2D eigenvalue weighted by Gasteiger charge is -2.38. The van der Waals surface area contributed by atoms with Crippen molar-refractivity contribution < 1.29 is 13.9 Å². The van der Waals surface area contributed by atoms with Crippen LogP contribution in [0.1, 0.15) is 39.0 Å². The molecule has 8 heteroatoms. The molecule has 0 amide bonds. The monoisotopic (exact) mass is 354 g/mol. The second kappa shape index (κ2) is 5.39. The van der Waals surface area contributed by atoms with Gasteiger partial charge in [0.05, 0.1) is 0 Å². The van der Waals surface area contributed by atoms with Crippen LogP contribution in [-0.4, -0.2) is 36.4 Å². The standard InChI is InChI=1S/C16H26N2O5Si/c1-10-8-18(14(20)17-13(10)19)12-7-11(16(22-12)9-21-16)23-24(5,6)15(2,3)4/h8,11-12H,7,9H2,1-6H3,(H,17,19,20)/t11-,12-,16+/m1/s1. The van der Waals surface area contributed by atoms with E-state index in [1.165, 1.54) is 10.8 Å². The molecule has 0 unspecified atom stereocenters. The van der Waals surface area contributed by atoms with Crippen LogP contribution in [0.3, 0.4) is 0 Å². The van der Waals surface area contributed by atoms with Crippen molar-refractivity contribution in [3.05, 3.63) is 32.6 Å². The topological polar surface area (TPSA) is 85.8 Å². The zero-order chi connectivity index (χ0) is 17.9. The Bertz CT molecular complexity index is 757. The first-order chi connectivity index (χ1) is 11.0. The Labute approximate surface area is 142 Å². The van der Waals surface area contributed by atoms with Crippen LogP contribution >= 0.6 is 0 Å². The van der Waals surface area contributed by atoms with Crippen molar-refractivity contribution in [1.82, 2.24) is 9.55 Å². The van der Waals surface area contributed by atoms with Gasteiger partial charge in [0.15, 0.2) is 8.32 Å². The average molecular weight is 354 g/mol. The molecule has 7 nitrogen and oxygen atoms in total. The van der Waals surface area contributed by atoms with Crippen molar-refractivity contribution in [2.24, 2.45) is 0 Å². The molecule has 134 valence electrons. The van der Waals surface area contributed by atoms with Gasteiger partial charge in [0, 0.05) is 18.2 Å². The predicted octanol–water partition coefficient (Wildman–Crippen LogP) is 1.88. The van der Waals surface area contributed by atoms with E-state index in [4.69, 9.17) is 13.9 Å². The zero-order valence-corrected chi connectivity index (χ0v) is 16.1. The molecular formula is C16H26N2O5Si. The summed E-state index contributed by atoms with van der Waals surface area (Å²) in [6.45, 7) is 13.1. The molecule has 24 heavy (non-hydrogen) atoms. The molecule has 3 rings (SSSR count). The molecule has 3 atom stereocenters. The van der Waals surface area contributed by atoms with E-state index in [2.05, 4.69) is 38.8 Å². The van der Waals surface area contributed by atoms with E-state index >= 15 is 0 Å². The van der Waals surface area contributed by atoms with Crippen LogP contribution in [0.5, 0.6) is 0 Å². The quantitative estimate of drug-likeness (QED) is 0.662. The second-order valence-electron chi connectivity index (χ2n) is 8.25. The number of ether oxygens (including phenoxy) is 2. The van der Waals surface area contributed by atoms with E-state index in [1.54, 1.807) is 6.92 Å². The number of rotatable bonds is 3. The Morgan fingerprint density at radius 2 is 2.00 bits per heavy atom. The SMILES string of the molecule is Cc1cn([C@H]2C[C@@H](O[Si](C)(C)C(C)(C)C)[C@]3(CO3)O2)c(=O)[nH]c1=O. The van der Waals surface area contributed by atoms with Crippen molar-refractivity contribution in [1.29, 1.82) is 0 Å². The molecule has 3 heterocycles. The molecule has 2 aliphatic heterocycles. The summed E-state index contributed by atoms with van der Waals surface area (Å²) in [5, 5.41) is 0.0760. The molecule has 0 bridgehead atoms. The molecule has 2 aliphatic rings. The van der Waals surface area contributed by atoms with Crippen molar-refractivity contribution in [3.8, 4) is 0 Å². The number of hydrogen-bond donors (Lipinski definition) is 1. The van der Waals surface area contributed by atoms with Crippen LogP contribution in [0.15, 0.2) is 15.8 Å². The van der Waals surface area contributed by atoms with Crippen LogP contribution in [0.2, 0.25) is 18.1 Å². The summed E-state index contributed by atoms with van der Waals surface area (Å²) >= 11 is 0. The highest BCUT2D eigenvalue weighted by atomic mass is 28.4. The Kier molecular flexibility index (Phi) is 3.95. The van der Waals surface area contributed by atoms with Gasteiger partial charge in [-0.05, 0) is 25.1 Å². The molecule has 0 radical (unpaired) electrons. The zero-order valence-electron chi connectivity index (χ0n) is 15.1. The molecule has 0 aromatic carbocycles. The molecule has 1 spiro atoms. The van der Waals surface area contributed by atoms with E-state index in [1.807, 2.05) is 0 Å². The van der Waals surface area contributed by atoms with Crippen molar-refractivity contribution >= 4 is 8.32 Å². The summed E-state index contributed by atoms with van der Waals surface area (Å²) in [4.78, 5) is 26.0. The number of nitrogens with one attached hydrogen (secondary N) is 1. The fourth-order valence-electron chi connectivity index (χ4n) is 2.68.